The number of hydrogen-bond donors (Lipinski definition) is 1. The molecule has 2 heterocycles. The Bertz CT molecular complexity index is 543. The van der Waals surface area contributed by atoms with Gasteiger partial charge in [0.25, 0.3) is 5.91 Å². The number of carbonyl (C=O) groups excluding carboxylic acids is 1. The zero-order valence-corrected chi connectivity index (χ0v) is 13.8. The molecule has 0 saturated carbocycles. The second kappa shape index (κ2) is 7.43. The quantitative estimate of drug-likeness (QED) is 0.914. The highest BCUT2D eigenvalue weighted by Crippen LogP contribution is 2.18. The number of carbonyl (C=O) groups is 1. The zero-order valence-electron chi connectivity index (χ0n) is 13.8. The van der Waals surface area contributed by atoms with Gasteiger partial charge in [0, 0.05) is 18.7 Å². The Labute approximate surface area is 137 Å². The fourth-order valence-corrected chi connectivity index (χ4v) is 3.38. The first-order valence-electron chi connectivity index (χ1n) is 8.52. The minimum absolute atomic E-state index is 0.0301. The third-order valence-corrected chi connectivity index (χ3v) is 4.75. The summed E-state index contributed by atoms with van der Waals surface area (Å²) in [4.78, 5) is 17.1. The molecule has 1 aromatic rings. The summed E-state index contributed by atoms with van der Waals surface area (Å²) in [5.41, 5.74) is 1.92. The van der Waals surface area contributed by atoms with Crippen LogP contribution >= 0.6 is 0 Å². The van der Waals surface area contributed by atoms with Crippen LogP contribution in [0.2, 0.25) is 0 Å². The van der Waals surface area contributed by atoms with E-state index in [2.05, 4.69) is 11.0 Å². The third-order valence-electron chi connectivity index (χ3n) is 4.75. The number of benzene rings is 1. The Hall–Kier alpha value is -1.43. The first-order valence-corrected chi connectivity index (χ1v) is 8.52. The molecule has 0 spiro atoms. The number of nitrogens with zero attached hydrogens (tertiary/aromatic N) is 2. The van der Waals surface area contributed by atoms with Gasteiger partial charge in [-0.05, 0) is 50.6 Å². The fraction of sp³-hybridized carbons (Fsp3) is 0.611. The van der Waals surface area contributed by atoms with Crippen molar-refractivity contribution < 1.29 is 14.6 Å². The maximum atomic E-state index is 12.8. The molecular formula is C18H26N2O3. The molecule has 23 heavy (non-hydrogen) atoms. The molecule has 0 radical (unpaired) electrons. The molecule has 2 aliphatic rings. The average molecular weight is 318 g/mol. The van der Waals surface area contributed by atoms with Crippen LogP contribution < -0.4 is 0 Å². The van der Waals surface area contributed by atoms with Gasteiger partial charge in [-0.3, -0.25) is 9.69 Å². The average Bonchev–Trinajstić information content (AvgIpc) is 3.08. The number of hydrogen-bond acceptors (Lipinski definition) is 4. The van der Waals surface area contributed by atoms with Crippen LogP contribution in [0.4, 0.5) is 0 Å². The molecule has 0 aromatic heterocycles. The molecule has 0 bridgehead atoms. The van der Waals surface area contributed by atoms with Crippen molar-refractivity contribution in [3.63, 3.8) is 0 Å². The summed E-state index contributed by atoms with van der Waals surface area (Å²) < 4.78 is 5.52. The highest BCUT2D eigenvalue weighted by Gasteiger charge is 2.30. The summed E-state index contributed by atoms with van der Waals surface area (Å²) in [6, 6.07) is 7.98. The summed E-state index contributed by atoms with van der Waals surface area (Å²) in [5.74, 6) is 0.0301. The SMILES string of the molecule is CC1COC(CO)CN1C(=O)c1cccc(CN2CCCC2)c1. The number of rotatable bonds is 4. The van der Waals surface area contributed by atoms with E-state index in [1.807, 2.05) is 30.0 Å². The van der Waals surface area contributed by atoms with Crippen LogP contribution in [-0.4, -0.2) is 65.8 Å². The van der Waals surface area contributed by atoms with Crippen molar-refractivity contribution in [2.24, 2.45) is 0 Å². The normalized spacial score (nSPS) is 25.7. The molecule has 5 nitrogen and oxygen atoms in total. The van der Waals surface area contributed by atoms with Crippen molar-refractivity contribution in [2.45, 2.75) is 38.5 Å². The van der Waals surface area contributed by atoms with Crippen molar-refractivity contribution in [3.8, 4) is 0 Å². The standard InChI is InChI=1S/C18H26N2O3/c1-14-13-23-17(12-21)11-20(14)18(22)16-6-4-5-15(9-16)10-19-7-2-3-8-19/h4-6,9,14,17,21H,2-3,7-8,10-13H2,1H3. The molecule has 126 valence electrons. The van der Waals surface area contributed by atoms with E-state index >= 15 is 0 Å². The van der Waals surface area contributed by atoms with Crippen LogP contribution in [0, 0.1) is 0 Å². The summed E-state index contributed by atoms with van der Waals surface area (Å²) in [6.45, 7) is 6.08. The molecule has 1 aromatic carbocycles. The molecular weight excluding hydrogens is 292 g/mol. The van der Waals surface area contributed by atoms with E-state index in [0.717, 1.165) is 25.2 Å². The topological polar surface area (TPSA) is 53.0 Å². The lowest BCUT2D eigenvalue weighted by Gasteiger charge is -2.37. The van der Waals surface area contributed by atoms with Gasteiger partial charge in [-0.25, -0.2) is 0 Å². The first kappa shape index (κ1) is 16.4. The van der Waals surface area contributed by atoms with Crippen LogP contribution in [0.1, 0.15) is 35.7 Å². The maximum Gasteiger partial charge on any atom is 0.254 e. The number of morpholine rings is 1. The lowest BCUT2D eigenvalue weighted by molar-refractivity contribution is -0.0667. The summed E-state index contributed by atoms with van der Waals surface area (Å²) >= 11 is 0. The number of ether oxygens (including phenoxy) is 1. The molecule has 3 rings (SSSR count). The van der Waals surface area contributed by atoms with Crippen molar-refractivity contribution in [1.82, 2.24) is 9.80 Å². The highest BCUT2D eigenvalue weighted by atomic mass is 16.5. The van der Waals surface area contributed by atoms with E-state index in [-0.39, 0.29) is 24.7 Å². The molecule has 0 aliphatic carbocycles. The van der Waals surface area contributed by atoms with Gasteiger partial charge in [0.15, 0.2) is 0 Å². The second-order valence-corrected chi connectivity index (χ2v) is 6.63. The van der Waals surface area contributed by atoms with E-state index in [0.29, 0.717) is 13.2 Å². The van der Waals surface area contributed by atoms with Gasteiger partial charge in [-0.1, -0.05) is 12.1 Å². The molecule has 5 heteroatoms. The van der Waals surface area contributed by atoms with Gasteiger partial charge in [0.05, 0.1) is 25.4 Å². The van der Waals surface area contributed by atoms with E-state index in [9.17, 15) is 9.90 Å². The largest absolute Gasteiger partial charge is 0.394 e. The van der Waals surface area contributed by atoms with Crippen LogP contribution in [0.5, 0.6) is 0 Å². The summed E-state index contributed by atoms with van der Waals surface area (Å²) in [6.07, 6.45) is 2.27. The molecule has 1 amide bonds. The molecule has 2 aliphatic heterocycles. The smallest absolute Gasteiger partial charge is 0.254 e. The predicted octanol–water partition coefficient (Wildman–Crippen LogP) is 1.50. The molecule has 1 N–H and O–H groups in total. The van der Waals surface area contributed by atoms with Gasteiger partial charge in [-0.2, -0.15) is 0 Å². The number of aliphatic hydroxyl groups excluding tert-OH is 1. The van der Waals surface area contributed by atoms with Gasteiger partial charge in [0.2, 0.25) is 0 Å². The molecule has 2 unspecified atom stereocenters. The highest BCUT2D eigenvalue weighted by molar-refractivity contribution is 5.94. The van der Waals surface area contributed by atoms with Gasteiger partial charge < -0.3 is 14.7 Å². The minimum Gasteiger partial charge on any atom is -0.394 e. The first-order chi connectivity index (χ1) is 11.2. The summed E-state index contributed by atoms with van der Waals surface area (Å²) in [5, 5.41) is 9.28. The van der Waals surface area contributed by atoms with Gasteiger partial charge in [0.1, 0.15) is 0 Å². The van der Waals surface area contributed by atoms with Gasteiger partial charge in [-0.15, -0.1) is 0 Å². The fourth-order valence-electron chi connectivity index (χ4n) is 3.38. The van der Waals surface area contributed by atoms with E-state index in [1.165, 1.54) is 18.4 Å². The Morgan fingerprint density at radius 2 is 2.13 bits per heavy atom. The lowest BCUT2D eigenvalue weighted by atomic mass is 10.1. The second-order valence-electron chi connectivity index (χ2n) is 6.63. The lowest BCUT2D eigenvalue weighted by Crippen LogP contribution is -2.52. The molecule has 2 fully saturated rings. The Kier molecular flexibility index (Phi) is 5.30. The predicted molar refractivity (Wildman–Crippen MR) is 88.3 cm³/mol. The van der Waals surface area contributed by atoms with Crippen molar-refractivity contribution in [3.05, 3.63) is 35.4 Å². The van der Waals surface area contributed by atoms with E-state index < -0.39 is 0 Å². The maximum absolute atomic E-state index is 12.8. The Balaban J connectivity index is 1.70. The van der Waals surface area contributed by atoms with Crippen molar-refractivity contribution in [2.75, 3.05) is 32.8 Å². The summed E-state index contributed by atoms with van der Waals surface area (Å²) in [7, 11) is 0. The Morgan fingerprint density at radius 1 is 1.35 bits per heavy atom. The van der Waals surface area contributed by atoms with Crippen molar-refractivity contribution in [1.29, 1.82) is 0 Å². The van der Waals surface area contributed by atoms with Crippen molar-refractivity contribution >= 4 is 5.91 Å². The van der Waals surface area contributed by atoms with Crippen LogP contribution in [0.3, 0.4) is 0 Å². The monoisotopic (exact) mass is 318 g/mol. The molecule has 2 saturated heterocycles. The molecule has 2 atom stereocenters. The Morgan fingerprint density at radius 3 is 2.87 bits per heavy atom. The van der Waals surface area contributed by atoms with Crippen LogP contribution in [0.15, 0.2) is 24.3 Å². The number of amides is 1. The number of likely N-dealkylation sites (tertiary alicyclic amines) is 1. The number of aliphatic hydroxyl groups is 1. The van der Waals surface area contributed by atoms with E-state index in [4.69, 9.17) is 4.74 Å². The van der Waals surface area contributed by atoms with Crippen LogP contribution in [0.25, 0.3) is 0 Å². The third kappa shape index (κ3) is 3.91. The minimum atomic E-state index is -0.275. The zero-order chi connectivity index (χ0) is 16.2. The van der Waals surface area contributed by atoms with Crippen LogP contribution in [-0.2, 0) is 11.3 Å². The van der Waals surface area contributed by atoms with E-state index in [1.54, 1.807) is 0 Å². The van der Waals surface area contributed by atoms with Gasteiger partial charge >= 0.3 is 0 Å².